The number of ether oxygens (including phenoxy) is 2. The Morgan fingerprint density at radius 1 is 0.553 bits per heavy atom. The number of hydrogen-bond acceptors (Lipinski definition) is 5. The lowest BCUT2D eigenvalue weighted by Crippen LogP contribution is -2.30. The third kappa shape index (κ3) is 11.1. The van der Waals surface area contributed by atoms with Crippen LogP contribution in [0.4, 0.5) is 0 Å². The number of hydrogen-bond donors (Lipinski definition) is 0. The Hall–Kier alpha value is -3.93. The van der Waals surface area contributed by atoms with Crippen LogP contribution < -0.4 is 9.47 Å². The quantitative estimate of drug-likeness (QED) is 0.0473. The molecule has 6 heteroatoms. The highest BCUT2D eigenvalue weighted by atomic mass is 16.5. The number of rotatable bonds is 22. The van der Waals surface area contributed by atoms with E-state index in [1.807, 2.05) is 36.4 Å². The van der Waals surface area contributed by atoms with Crippen molar-refractivity contribution in [2.75, 3.05) is 13.2 Å². The fraction of sp³-hybridized carbons (Fsp3) is 0.488. The van der Waals surface area contributed by atoms with E-state index in [1.54, 1.807) is 24.3 Å². The van der Waals surface area contributed by atoms with Crippen molar-refractivity contribution in [2.45, 2.75) is 117 Å². The number of imide groups is 1. The van der Waals surface area contributed by atoms with E-state index in [4.69, 9.17) is 9.47 Å². The van der Waals surface area contributed by atoms with Gasteiger partial charge < -0.3 is 9.47 Å². The first-order valence-corrected chi connectivity index (χ1v) is 18.1. The summed E-state index contributed by atoms with van der Waals surface area (Å²) in [6.07, 6.45) is 19.4. The summed E-state index contributed by atoms with van der Waals surface area (Å²) in [7, 11) is 0. The predicted octanol–water partition coefficient (Wildman–Crippen LogP) is 10.8. The number of nitrogens with zero attached hydrogens (tertiary/aromatic N) is 1. The maximum Gasteiger partial charge on any atom is 0.343 e. The highest BCUT2D eigenvalue weighted by Crippen LogP contribution is 2.27. The molecule has 0 saturated heterocycles. The first kappa shape index (κ1) is 35.9. The smallest absolute Gasteiger partial charge is 0.343 e. The van der Waals surface area contributed by atoms with Crippen LogP contribution in [0.15, 0.2) is 66.7 Å². The molecule has 0 saturated carbocycles. The van der Waals surface area contributed by atoms with E-state index < -0.39 is 5.97 Å². The molecule has 0 spiro atoms. The van der Waals surface area contributed by atoms with Crippen molar-refractivity contribution in [3.8, 4) is 22.6 Å². The zero-order valence-electron chi connectivity index (χ0n) is 28.6. The van der Waals surface area contributed by atoms with E-state index >= 15 is 0 Å². The zero-order chi connectivity index (χ0) is 33.3. The van der Waals surface area contributed by atoms with Crippen LogP contribution in [0.3, 0.4) is 0 Å². The summed E-state index contributed by atoms with van der Waals surface area (Å²) in [5.41, 5.74) is 2.89. The predicted molar refractivity (Wildman–Crippen MR) is 189 cm³/mol. The number of carbonyl (C=O) groups excluding carboxylic acids is 3. The van der Waals surface area contributed by atoms with E-state index in [1.165, 1.54) is 88.0 Å². The first-order valence-electron chi connectivity index (χ1n) is 18.1. The minimum Gasteiger partial charge on any atom is -0.494 e. The third-order valence-corrected chi connectivity index (χ3v) is 8.96. The maximum atomic E-state index is 13.0. The first-order chi connectivity index (χ1) is 23.0. The summed E-state index contributed by atoms with van der Waals surface area (Å²) < 4.78 is 11.6. The fourth-order valence-electron chi connectivity index (χ4n) is 6.08. The van der Waals surface area contributed by atoms with Gasteiger partial charge >= 0.3 is 5.97 Å². The van der Waals surface area contributed by atoms with Crippen LogP contribution in [0.2, 0.25) is 0 Å². The molecule has 6 nitrogen and oxygen atoms in total. The SMILES string of the molecule is CCCCCCCCCCCOc1ccc(-c2ccc(OC(=O)c3ccc4c(c3)C(=O)N(CCCCCCCCC)C4=O)cc2)cc1. The van der Waals surface area contributed by atoms with Crippen molar-refractivity contribution in [3.05, 3.63) is 83.4 Å². The van der Waals surface area contributed by atoms with Gasteiger partial charge in [0.05, 0.1) is 23.3 Å². The number of carbonyl (C=O) groups is 3. The molecule has 0 aliphatic carbocycles. The van der Waals surface area contributed by atoms with Crippen molar-refractivity contribution in [2.24, 2.45) is 0 Å². The fourth-order valence-corrected chi connectivity index (χ4v) is 6.08. The van der Waals surface area contributed by atoms with E-state index in [2.05, 4.69) is 13.8 Å². The van der Waals surface area contributed by atoms with Gasteiger partial charge in [-0.1, -0.05) is 128 Å². The standard InChI is InChI=1S/C41H53NO5/c1-3-5-7-9-11-12-14-16-18-30-46-35-24-19-32(20-25-35)33-21-26-36(27-22-33)47-41(45)34-23-28-37-38(31-34)40(44)42(39(37)43)29-17-15-13-10-8-6-4-2/h19-28,31H,3-18,29-30H2,1-2H3. The van der Waals surface area contributed by atoms with Crippen LogP contribution >= 0.6 is 0 Å². The van der Waals surface area contributed by atoms with Crippen molar-refractivity contribution < 1.29 is 23.9 Å². The summed E-state index contributed by atoms with van der Waals surface area (Å²) in [4.78, 5) is 40.1. The van der Waals surface area contributed by atoms with Gasteiger partial charge in [0, 0.05) is 6.54 Å². The second-order valence-electron chi connectivity index (χ2n) is 12.8. The average Bonchev–Trinajstić information content (AvgIpc) is 3.33. The lowest BCUT2D eigenvalue weighted by Gasteiger charge is -2.13. The lowest BCUT2D eigenvalue weighted by molar-refractivity contribution is 0.0650. The van der Waals surface area contributed by atoms with E-state index in [-0.39, 0.29) is 22.9 Å². The number of benzene rings is 3. The molecule has 0 N–H and O–H groups in total. The normalized spacial score (nSPS) is 12.4. The van der Waals surface area contributed by atoms with Gasteiger partial charge in [-0.2, -0.15) is 0 Å². The molecule has 2 amide bonds. The van der Waals surface area contributed by atoms with Crippen LogP contribution in [-0.4, -0.2) is 35.8 Å². The Labute approximate surface area is 281 Å². The molecule has 3 aromatic carbocycles. The molecule has 252 valence electrons. The minimum atomic E-state index is -0.570. The molecule has 0 fully saturated rings. The van der Waals surface area contributed by atoms with E-state index in [9.17, 15) is 14.4 Å². The Bertz CT molecular complexity index is 1410. The Balaban J connectivity index is 1.20. The lowest BCUT2D eigenvalue weighted by atomic mass is 10.1. The number of unbranched alkanes of at least 4 members (excludes halogenated alkanes) is 14. The summed E-state index contributed by atoms with van der Waals surface area (Å²) in [6.45, 7) is 5.59. The van der Waals surface area contributed by atoms with Gasteiger partial charge in [-0.05, 0) is 66.4 Å². The van der Waals surface area contributed by atoms with Gasteiger partial charge in [-0.3, -0.25) is 14.5 Å². The Morgan fingerprint density at radius 3 is 1.62 bits per heavy atom. The van der Waals surface area contributed by atoms with Gasteiger partial charge in [0.15, 0.2) is 0 Å². The van der Waals surface area contributed by atoms with Crippen LogP contribution in [-0.2, 0) is 0 Å². The molecule has 0 radical (unpaired) electrons. The largest absolute Gasteiger partial charge is 0.494 e. The maximum absolute atomic E-state index is 13.0. The highest BCUT2D eigenvalue weighted by molar-refractivity contribution is 6.22. The topological polar surface area (TPSA) is 72.9 Å². The Kier molecular flexibility index (Phi) is 15.0. The molecule has 0 aromatic heterocycles. The van der Waals surface area contributed by atoms with Crippen LogP contribution in [0, 0.1) is 0 Å². The van der Waals surface area contributed by atoms with Gasteiger partial charge in [0.2, 0.25) is 0 Å². The molecule has 0 unspecified atom stereocenters. The van der Waals surface area contributed by atoms with Crippen LogP contribution in [0.1, 0.15) is 148 Å². The minimum absolute atomic E-state index is 0.241. The molecule has 3 aromatic rings. The van der Waals surface area contributed by atoms with Crippen molar-refractivity contribution in [3.63, 3.8) is 0 Å². The molecule has 4 rings (SSSR count). The van der Waals surface area contributed by atoms with Crippen molar-refractivity contribution in [1.29, 1.82) is 0 Å². The summed E-state index contributed by atoms with van der Waals surface area (Å²) in [5.74, 6) is 0.0806. The zero-order valence-corrected chi connectivity index (χ0v) is 28.6. The molecule has 0 bridgehead atoms. The molecule has 0 atom stereocenters. The summed E-state index contributed by atoms with van der Waals surface area (Å²) >= 11 is 0. The number of fused-ring (bicyclic) bond motifs is 1. The molecular formula is C41H53NO5. The third-order valence-electron chi connectivity index (χ3n) is 8.96. The summed E-state index contributed by atoms with van der Waals surface area (Å²) in [5, 5.41) is 0. The van der Waals surface area contributed by atoms with Gasteiger partial charge in [-0.25, -0.2) is 4.79 Å². The summed E-state index contributed by atoms with van der Waals surface area (Å²) in [6, 6.07) is 20.0. The van der Waals surface area contributed by atoms with Crippen molar-refractivity contribution in [1.82, 2.24) is 4.90 Å². The molecular weight excluding hydrogens is 586 g/mol. The van der Waals surface area contributed by atoms with Gasteiger partial charge in [-0.15, -0.1) is 0 Å². The van der Waals surface area contributed by atoms with Crippen LogP contribution in [0.5, 0.6) is 11.5 Å². The number of esters is 1. The van der Waals surface area contributed by atoms with E-state index in [0.717, 1.165) is 49.2 Å². The molecule has 1 aliphatic rings. The molecule has 47 heavy (non-hydrogen) atoms. The second-order valence-corrected chi connectivity index (χ2v) is 12.8. The van der Waals surface area contributed by atoms with Crippen molar-refractivity contribution >= 4 is 17.8 Å². The second kappa shape index (κ2) is 19.7. The Morgan fingerprint density at radius 2 is 1.04 bits per heavy atom. The monoisotopic (exact) mass is 639 g/mol. The molecule has 1 aliphatic heterocycles. The molecule has 1 heterocycles. The van der Waals surface area contributed by atoms with Gasteiger partial charge in [0.1, 0.15) is 11.5 Å². The van der Waals surface area contributed by atoms with Crippen LogP contribution in [0.25, 0.3) is 11.1 Å². The highest BCUT2D eigenvalue weighted by Gasteiger charge is 2.35. The van der Waals surface area contributed by atoms with E-state index in [0.29, 0.717) is 17.9 Å². The average molecular weight is 640 g/mol. The number of amides is 2. The van der Waals surface area contributed by atoms with Gasteiger partial charge in [0.25, 0.3) is 11.8 Å².